The van der Waals surface area contributed by atoms with Crippen LogP contribution in [0, 0.1) is 5.82 Å². The number of hydrogen-bond acceptors (Lipinski definition) is 2. The van der Waals surface area contributed by atoms with Crippen LogP contribution in [0.5, 0.6) is 0 Å². The standard InChI is InChI=1S/C11H13F4NS/c1-2-9(16)10(11(13,14)15)17-8-5-3-7(12)4-6-8/h3-6,9-10H,2,16H2,1H3. The number of alkyl halides is 3. The summed E-state index contributed by atoms with van der Waals surface area (Å²) in [6.45, 7) is 1.61. The Morgan fingerprint density at radius 2 is 1.76 bits per heavy atom. The van der Waals surface area contributed by atoms with E-state index in [2.05, 4.69) is 0 Å². The molecule has 2 atom stereocenters. The van der Waals surface area contributed by atoms with Crippen molar-refractivity contribution in [1.82, 2.24) is 0 Å². The van der Waals surface area contributed by atoms with Crippen molar-refractivity contribution in [3.63, 3.8) is 0 Å². The van der Waals surface area contributed by atoms with Crippen LogP contribution in [-0.2, 0) is 0 Å². The highest BCUT2D eigenvalue weighted by Gasteiger charge is 2.43. The van der Waals surface area contributed by atoms with Gasteiger partial charge in [-0.15, -0.1) is 11.8 Å². The van der Waals surface area contributed by atoms with Crippen molar-refractivity contribution in [2.24, 2.45) is 5.73 Å². The van der Waals surface area contributed by atoms with Crippen molar-refractivity contribution in [3.05, 3.63) is 30.1 Å². The molecule has 2 unspecified atom stereocenters. The zero-order valence-electron chi connectivity index (χ0n) is 9.17. The van der Waals surface area contributed by atoms with Crippen molar-refractivity contribution in [2.45, 2.75) is 35.7 Å². The molecule has 0 heterocycles. The van der Waals surface area contributed by atoms with E-state index in [1.165, 1.54) is 12.1 Å². The summed E-state index contributed by atoms with van der Waals surface area (Å²) < 4.78 is 50.9. The van der Waals surface area contributed by atoms with Gasteiger partial charge in [-0.05, 0) is 30.7 Å². The minimum Gasteiger partial charge on any atom is -0.326 e. The smallest absolute Gasteiger partial charge is 0.326 e. The minimum absolute atomic E-state index is 0.234. The first-order valence-corrected chi connectivity index (χ1v) is 5.97. The normalized spacial score (nSPS) is 15.6. The van der Waals surface area contributed by atoms with Crippen LogP contribution in [-0.4, -0.2) is 17.5 Å². The van der Waals surface area contributed by atoms with Gasteiger partial charge in [0.1, 0.15) is 11.1 Å². The van der Waals surface area contributed by atoms with E-state index in [0.717, 1.165) is 12.1 Å². The van der Waals surface area contributed by atoms with Gasteiger partial charge in [-0.1, -0.05) is 6.92 Å². The summed E-state index contributed by atoms with van der Waals surface area (Å²) in [4.78, 5) is 0.359. The molecule has 0 aliphatic heterocycles. The topological polar surface area (TPSA) is 26.0 Å². The Morgan fingerprint density at radius 1 is 1.24 bits per heavy atom. The quantitative estimate of drug-likeness (QED) is 0.666. The van der Waals surface area contributed by atoms with Crippen LogP contribution in [0.1, 0.15) is 13.3 Å². The second kappa shape index (κ2) is 5.73. The largest absolute Gasteiger partial charge is 0.402 e. The van der Waals surface area contributed by atoms with Crippen LogP contribution < -0.4 is 5.73 Å². The van der Waals surface area contributed by atoms with Gasteiger partial charge in [0, 0.05) is 10.9 Å². The van der Waals surface area contributed by atoms with E-state index in [1.54, 1.807) is 6.92 Å². The predicted octanol–water partition coefficient (Wildman–Crippen LogP) is 3.59. The lowest BCUT2D eigenvalue weighted by Gasteiger charge is -2.24. The van der Waals surface area contributed by atoms with Crippen molar-refractivity contribution < 1.29 is 17.6 Å². The molecule has 0 radical (unpaired) electrons. The van der Waals surface area contributed by atoms with Gasteiger partial charge in [0.05, 0.1) is 0 Å². The first-order valence-electron chi connectivity index (χ1n) is 5.09. The van der Waals surface area contributed by atoms with E-state index in [0.29, 0.717) is 16.7 Å². The lowest BCUT2D eigenvalue weighted by atomic mass is 10.1. The van der Waals surface area contributed by atoms with Gasteiger partial charge in [-0.25, -0.2) is 4.39 Å². The molecule has 17 heavy (non-hydrogen) atoms. The molecule has 96 valence electrons. The summed E-state index contributed by atoms with van der Waals surface area (Å²) in [5, 5.41) is -1.67. The predicted molar refractivity (Wildman–Crippen MR) is 60.4 cm³/mol. The fourth-order valence-electron chi connectivity index (χ4n) is 1.27. The van der Waals surface area contributed by atoms with Crippen LogP contribution in [0.15, 0.2) is 29.2 Å². The lowest BCUT2D eigenvalue weighted by Crippen LogP contribution is -2.42. The molecule has 0 aliphatic rings. The average molecular weight is 267 g/mol. The maximum absolute atomic E-state index is 12.7. The Labute approximate surface area is 101 Å². The summed E-state index contributed by atoms with van der Waals surface area (Å²) in [5.74, 6) is -0.474. The summed E-state index contributed by atoms with van der Waals surface area (Å²) in [5.41, 5.74) is 5.47. The van der Waals surface area contributed by atoms with Gasteiger partial charge in [-0.2, -0.15) is 13.2 Å². The molecule has 1 rings (SSSR count). The fraction of sp³-hybridized carbons (Fsp3) is 0.455. The lowest BCUT2D eigenvalue weighted by molar-refractivity contribution is -0.132. The molecule has 6 heteroatoms. The fourth-order valence-corrected chi connectivity index (χ4v) is 2.36. The summed E-state index contributed by atoms with van der Waals surface area (Å²) in [7, 11) is 0. The van der Waals surface area contributed by atoms with Crippen LogP contribution in [0.25, 0.3) is 0 Å². The molecule has 0 saturated carbocycles. The van der Waals surface area contributed by atoms with Crippen LogP contribution >= 0.6 is 11.8 Å². The Morgan fingerprint density at radius 3 is 2.18 bits per heavy atom. The third-order valence-electron chi connectivity index (χ3n) is 2.26. The van der Waals surface area contributed by atoms with Gasteiger partial charge < -0.3 is 5.73 Å². The second-order valence-corrected chi connectivity index (χ2v) is 4.82. The van der Waals surface area contributed by atoms with Crippen LogP contribution in [0.3, 0.4) is 0 Å². The van der Waals surface area contributed by atoms with E-state index >= 15 is 0 Å². The summed E-state index contributed by atoms with van der Waals surface area (Å²) >= 11 is 0.620. The highest BCUT2D eigenvalue weighted by molar-refractivity contribution is 8.00. The molecule has 1 aromatic carbocycles. The first kappa shape index (κ1) is 14.3. The van der Waals surface area contributed by atoms with E-state index in [1.807, 2.05) is 0 Å². The van der Waals surface area contributed by atoms with Crippen molar-refractivity contribution in [3.8, 4) is 0 Å². The minimum atomic E-state index is -4.37. The molecule has 0 fully saturated rings. The first-order chi connectivity index (χ1) is 7.84. The molecule has 0 aromatic heterocycles. The highest BCUT2D eigenvalue weighted by atomic mass is 32.2. The van der Waals surface area contributed by atoms with Gasteiger partial charge in [-0.3, -0.25) is 0 Å². The number of thioether (sulfide) groups is 1. The summed E-state index contributed by atoms with van der Waals surface area (Å²) in [6, 6.07) is 3.94. The molecule has 1 aromatic rings. The highest BCUT2D eigenvalue weighted by Crippen LogP contribution is 2.37. The number of rotatable bonds is 4. The summed E-state index contributed by atoms with van der Waals surface area (Å²) in [6.07, 6.45) is -4.13. The van der Waals surface area contributed by atoms with E-state index in [9.17, 15) is 17.6 Å². The zero-order chi connectivity index (χ0) is 13.1. The molecular formula is C11H13F4NS. The number of halogens is 4. The molecule has 2 N–H and O–H groups in total. The number of benzene rings is 1. The Hall–Kier alpha value is -0.750. The monoisotopic (exact) mass is 267 g/mol. The Balaban J connectivity index is 2.83. The van der Waals surface area contributed by atoms with Crippen molar-refractivity contribution in [1.29, 1.82) is 0 Å². The number of hydrogen-bond donors (Lipinski definition) is 1. The molecular weight excluding hydrogens is 254 g/mol. The molecule has 0 amide bonds. The average Bonchev–Trinajstić information content (AvgIpc) is 2.25. The van der Waals surface area contributed by atoms with Gasteiger partial charge in [0.25, 0.3) is 0 Å². The van der Waals surface area contributed by atoms with Crippen molar-refractivity contribution in [2.75, 3.05) is 0 Å². The molecule has 0 bridgehead atoms. The van der Waals surface area contributed by atoms with Gasteiger partial charge >= 0.3 is 6.18 Å². The molecule has 1 nitrogen and oxygen atoms in total. The van der Waals surface area contributed by atoms with E-state index in [4.69, 9.17) is 5.73 Å². The number of nitrogens with two attached hydrogens (primary N) is 1. The van der Waals surface area contributed by atoms with Gasteiger partial charge in [0.15, 0.2) is 0 Å². The van der Waals surface area contributed by atoms with E-state index < -0.39 is 23.3 Å². The maximum Gasteiger partial charge on any atom is 0.402 e. The molecule has 0 aliphatic carbocycles. The Bertz CT molecular complexity index is 349. The Kier molecular flexibility index (Phi) is 4.82. The second-order valence-electron chi connectivity index (χ2n) is 3.61. The van der Waals surface area contributed by atoms with Crippen LogP contribution in [0.4, 0.5) is 17.6 Å². The maximum atomic E-state index is 12.7. The third kappa shape index (κ3) is 4.20. The van der Waals surface area contributed by atoms with Crippen molar-refractivity contribution >= 4 is 11.8 Å². The molecule has 0 spiro atoms. The van der Waals surface area contributed by atoms with E-state index in [-0.39, 0.29) is 6.42 Å². The zero-order valence-corrected chi connectivity index (χ0v) is 9.99. The van der Waals surface area contributed by atoms with Gasteiger partial charge in [0.2, 0.25) is 0 Å². The third-order valence-corrected chi connectivity index (χ3v) is 3.67. The SMILES string of the molecule is CCC(N)C(Sc1ccc(F)cc1)C(F)(F)F. The molecule has 0 saturated heterocycles. The van der Waals surface area contributed by atoms with Crippen LogP contribution in [0.2, 0.25) is 0 Å².